The molecule has 0 aromatic carbocycles. The molecule has 0 saturated carbocycles. The predicted molar refractivity (Wildman–Crippen MR) is 57.1 cm³/mol. The van der Waals surface area contributed by atoms with Gasteiger partial charge in [0.2, 0.25) is 0 Å². The van der Waals surface area contributed by atoms with E-state index < -0.39 is 0 Å². The van der Waals surface area contributed by atoms with Gasteiger partial charge in [0.05, 0.1) is 12.7 Å². The summed E-state index contributed by atoms with van der Waals surface area (Å²) in [7, 11) is 1.96. The summed E-state index contributed by atoms with van der Waals surface area (Å²) in [6.07, 6.45) is 1.40. The highest BCUT2D eigenvalue weighted by atomic mass is 32.1. The van der Waals surface area contributed by atoms with Crippen LogP contribution in [0.4, 0.5) is 0 Å². The van der Waals surface area contributed by atoms with E-state index in [9.17, 15) is 0 Å². The van der Waals surface area contributed by atoms with E-state index in [1.807, 2.05) is 7.05 Å². The van der Waals surface area contributed by atoms with Crippen molar-refractivity contribution in [3.8, 4) is 0 Å². The first kappa shape index (κ1) is 10.7. The van der Waals surface area contributed by atoms with Crippen LogP contribution in [-0.4, -0.2) is 19.7 Å². The molecule has 1 aromatic rings. The van der Waals surface area contributed by atoms with Crippen molar-refractivity contribution in [2.75, 3.05) is 13.6 Å². The van der Waals surface area contributed by atoms with Crippen LogP contribution in [0.15, 0.2) is 17.5 Å². The third kappa shape index (κ3) is 3.89. The minimum absolute atomic E-state index is 0.340. The van der Waals surface area contributed by atoms with Crippen molar-refractivity contribution in [2.24, 2.45) is 0 Å². The molecule has 1 unspecified atom stereocenters. The Morgan fingerprint density at radius 3 is 3.00 bits per heavy atom. The first-order valence-electron chi connectivity index (χ1n) is 4.65. The lowest BCUT2D eigenvalue weighted by Crippen LogP contribution is -2.25. The molecule has 0 fully saturated rings. The number of likely N-dealkylation sites (N-methyl/N-ethyl adjacent to an activating group) is 1. The molecule has 1 aromatic heterocycles. The molecule has 3 heteroatoms. The lowest BCUT2D eigenvalue weighted by Gasteiger charge is -2.14. The zero-order valence-corrected chi connectivity index (χ0v) is 9.06. The molecule has 0 amide bonds. The Kier molecular flexibility index (Phi) is 5.05. The van der Waals surface area contributed by atoms with E-state index in [2.05, 4.69) is 29.8 Å². The van der Waals surface area contributed by atoms with Crippen molar-refractivity contribution in [3.05, 3.63) is 22.4 Å². The summed E-state index contributed by atoms with van der Waals surface area (Å²) in [5.41, 5.74) is 0. The molecular formula is C10H17NOS. The van der Waals surface area contributed by atoms with Gasteiger partial charge in [0.15, 0.2) is 0 Å². The van der Waals surface area contributed by atoms with Gasteiger partial charge in [-0.15, -0.1) is 11.3 Å². The number of hydrogen-bond acceptors (Lipinski definition) is 3. The second-order valence-corrected chi connectivity index (χ2v) is 4.01. The predicted octanol–water partition coefficient (Wildman–Crippen LogP) is 2.26. The molecule has 2 nitrogen and oxygen atoms in total. The van der Waals surface area contributed by atoms with Crippen molar-refractivity contribution >= 4 is 11.3 Å². The van der Waals surface area contributed by atoms with Gasteiger partial charge in [-0.05, 0) is 24.9 Å². The highest BCUT2D eigenvalue weighted by Gasteiger charge is 2.05. The third-order valence-corrected chi connectivity index (χ3v) is 2.78. The lowest BCUT2D eigenvalue weighted by molar-refractivity contribution is 0.0412. The van der Waals surface area contributed by atoms with E-state index in [-0.39, 0.29) is 0 Å². The van der Waals surface area contributed by atoms with Gasteiger partial charge in [0, 0.05) is 11.4 Å². The molecule has 0 saturated heterocycles. The van der Waals surface area contributed by atoms with Crippen LogP contribution < -0.4 is 5.32 Å². The average Bonchev–Trinajstić information content (AvgIpc) is 2.64. The fraction of sp³-hybridized carbons (Fsp3) is 0.600. The molecular weight excluding hydrogens is 182 g/mol. The zero-order valence-electron chi connectivity index (χ0n) is 8.25. The van der Waals surface area contributed by atoms with E-state index in [1.165, 1.54) is 4.88 Å². The van der Waals surface area contributed by atoms with Crippen LogP contribution in [0.5, 0.6) is 0 Å². The summed E-state index contributed by atoms with van der Waals surface area (Å²) in [5, 5.41) is 5.21. The van der Waals surface area contributed by atoms with E-state index in [0.717, 1.165) is 19.6 Å². The van der Waals surface area contributed by atoms with E-state index in [0.29, 0.717) is 6.10 Å². The van der Waals surface area contributed by atoms with Gasteiger partial charge >= 0.3 is 0 Å². The van der Waals surface area contributed by atoms with Crippen LogP contribution in [0.3, 0.4) is 0 Å². The molecule has 13 heavy (non-hydrogen) atoms. The number of nitrogens with one attached hydrogen (secondary N) is 1. The van der Waals surface area contributed by atoms with Gasteiger partial charge in [-0.2, -0.15) is 0 Å². The molecule has 0 aliphatic rings. The standard InChI is InChI=1S/C10H17NOS/c1-3-9(7-11-2)12-8-10-5-4-6-13-10/h4-6,9,11H,3,7-8H2,1-2H3. The van der Waals surface area contributed by atoms with Crippen molar-refractivity contribution in [1.29, 1.82) is 0 Å². The van der Waals surface area contributed by atoms with Crippen LogP contribution in [0.25, 0.3) is 0 Å². The van der Waals surface area contributed by atoms with Crippen LogP contribution in [0.1, 0.15) is 18.2 Å². The normalized spacial score (nSPS) is 13.1. The molecule has 0 aliphatic heterocycles. The average molecular weight is 199 g/mol. The van der Waals surface area contributed by atoms with Crippen LogP contribution in [0.2, 0.25) is 0 Å². The Morgan fingerprint density at radius 1 is 1.62 bits per heavy atom. The van der Waals surface area contributed by atoms with E-state index in [4.69, 9.17) is 4.74 Å². The van der Waals surface area contributed by atoms with Gasteiger partial charge in [-0.25, -0.2) is 0 Å². The Hall–Kier alpha value is -0.380. The van der Waals surface area contributed by atoms with Gasteiger partial charge in [0.25, 0.3) is 0 Å². The number of ether oxygens (including phenoxy) is 1. The first-order chi connectivity index (χ1) is 6.36. The SMILES string of the molecule is CCC(CNC)OCc1cccs1. The topological polar surface area (TPSA) is 21.3 Å². The second kappa shape index (κ2) is 6.13. The van der Waals surface area contributed by atoms with E-state index >= 15 is 0 Å². The smallest absolute Gasteiger partial charge is 0.0813 e. The number of rotatable bonds is 6. The Morgan fingerprint density at radius 2 is 2.46 bits per heavy atom. The molecule has 0 aliphatic carbocycles. The van der Waals surface area contributed by atoms with Gasteiger partial charge in [0.1, 0.15) is 0 Å². The highest BCUT2D eigenvalue weighted by Crippen LogP contribution is 2.11. The van der Waals surface area contributed by atoms with Crippen LogP contribution in [-0.2, 0) is 11.3 Å². The largest absolute Gasteiger partial charge is 0.371 e. The summed E-state index contributed by atoms with van der Waals surface area (Å²) in [6, 6.07) is 4.17. The van der Waals surface area contributed by atoms with Crippen molar-refractivity contribution < 1.29 is 4.74 Å². The van der Waals surface area contributed by atoms with Gasteiger partial charge in [-0.1, -0.05) is 13.0 Å². The Balaban J connectivity index is 2.23. The van der Waals surface area contributed by atoms with Gasteiger partial charge in [-0.3, -0.25) is 0 Å². The molecule has 0 spiro atoms. The summed E-state index contributed by atoms with van der Waals surface area (Å²) in [5.74, 6) is 0. The maximum Gasteiger partial charge on any atom is 0.0813 e. The van der Waals surface area contributed by atoms with Crippen molar-refractivity contribution in [2.45, 2.75) is 26.1 Å². The number of thiophene rings is 1. The monoisotopic (exact) mass is 199 g/mol. The molecule has 1 N–H and O–H groups in total. The lowest BCUT2D eigenvalue weighted by atomic mass is 10.3. The molecule has 0 bridgehead atoms. The quantitative estimate of drug-likeness (QED) is 0.759. The summed E-state index contributed by atoms with van der Waals surface area (Å²) in [4.78, 5) is 1.30. The van der Waals surface area contributed by atoms with Crippen LogP contribution >= 0.6 is 11.3 Å². The fourth-order valence-corrected chi connectivity index (χ4v) is 1.77. The highest BCUT2D eigenvalue weighted by molar-refractivity contribution is 7.09. The van der Waals surface area contributed by atoms with Crippen molar-refractivity contribution in [3.63, 3.8) is 0 Å². The Bertz CT molecular complexity index is 211. The third-order valence-electron chi connectivity index (χ3n) is 1.93. The van der Waals surface area contributed by atoms with Crippen molar-refractivity contribution in [1.82, 2.24) is 5.32 Å². The van der Waals surface area contributed by atoms with Gasteiger partial charge < -0.3 is 10.1 Å². The molecule has 1 atom stereocenters. The number of hydrogen-bond donors (Lipinski definition) is 1. The minimum Gasteiger partial charge on any atom is -0.371 e. The maximum atomic E-state index is 5.72. The molecule has 1 rings (SSSR count). The summed E-state index contributed by atoms with van der Waals surface area (Å²) >= 11 is 1.75. The first-order valence-corrected chi connectivity index (χ1v) is 5.53. The summed E-state index contributed by atoms with van der Waals surface area (Å²) in [6.45, 7) is 3.83. The fourth-order valence-electron chi connectivity index (χ4n) is 1.14. The minimum atomic E-state index is 0.340. The molecule has 74 valence electrons. The zero-order chi connectivity index (χ0) is 9.52. The Labute approximate surface area is 83.9 Å². The molecule has 0 radical (unpaired) electrons. The maximum absolute atomic E-state index is 5.72. The second-order valence-electron chi connectivity index (χ2n) is 2.98. The van der Waals surface area contributed by atoms with Crippen LogP contribution in [0, 0.1) is 0 Å². The summed E-state index contributed by atoms with van der Waals surface area (Å²) < 4.78 is 5.72. The van der Waals surface area contributed by atoms with E-state index in [1.54, 1.807) is 11.3 Å². The molecule has 1 heterocycles.